The van der Waals surface area contributed by atoms with Crippen LogP contribution in [0.2, 0.25) is 5.02 Å². The molecule has 5 heteroatoms. The van der Waals surface area contributed by atoms with E-state index >= 15 is 0 Å². The average molecular weight is 294 g/mol. The Balaban J connectivity index is 2.12. The lowest BCUT2D eigenvalue weighted by Gasteiger charge is -2.09. The van der Waals surface area contributed by atoms with Gasteiger partial charge >= 0.3 is 0 Å². The van der Waals surface area contributed by atoms with Crippen LogP contribution in [0.25, 0.3) is 0 Å². The molecule has 0 bridgehead atoms. The van der Waals surface area contributed by atoms with E-state index in [9.17, 15) is 4.79 Å². The van der Waals surface area contributed by atoms with Crippen molar-refractivity contribution < 1.29 is 13.9 Å². The van der Waals surface area contributed by atoms with Crippen LogP contribution in [0.4, 0.5) is 0 Å². The molecule has 0 fully saturated rings. The first-order valence-corrected chi connectivity index (χ1v) is 6.56. The van der Waals surface area contributed by atoms with Crippen molar-refractivity contribution in [2.24, 2.45) is 0 Å². The Hall–Kier alpha value is -1.94. The fraction of sp³-hybridized carbons (Fsp3) is 0.267. The second-order valence-corrected chi connectivity index (χ2v) is 4.90. The minimum Gasteiger partial charge on any atom is -0.496 e. The molecule has 2 aromatic rings. The first-order valence-electron chi connectivity index (χ1n) is 6.19. The number of benzene rings is 1. The zero-order valence-corrected chi connectivity index (χ0v) is 12.4. The maximum atomic E-state index is 12.2. The van der Waals surface area contributed by atoms with Gasteiger partial charge in [-0.15, -0.1) is 0 Å². The van der Waals surface area contributed by atoms with E-state index in [0.717, 1.165) is 17.1 Å². The van der Waals surface area contributed by atoms with Crippen LogP contribution < -0.4 is 10.1 Å². The van der Waals surface area contributed by atoms with Crippen LogP contribution in [0, 0.1) is 13.8 Å². The first kappa shape index (κ1) is 14.5. The summed E-state index contributed by atoms with van der Waals surface area (Å²) in [6.07, 6.45) is 0. The molecule has 0 aliphatic carbocycles. The quantitative estimate of drug-likeness (QED) is 0.939. The smallest absolute Gasteiger partial charge is 0.255 e. The third-order valence-corrected chi connectivity index (χ3v) is 3.22. The maximum absolute atomic E-state index is 12.2. The number of amides is 1. The highest BCUT2D eigenvalue weighted by atomic mass is 35.5. The number of ether oxygens (including phenoxy) is 1. The summed E-state index contributed by atoms with van der Waals surface area (Å²) in [4.78, 5) is 12.2. The van der Waals surface area contributed by atoms with E-state index in [4.69, 9.17) is 20.8 Å². The molecule has 1 aromatic heterocycles. The Morgan fingerprint density at radius 3 is 2.70 bits per heavy atom. The van der Waals surface area contributed by atoms with Crippen LogP contribution in [-0.2, 0) is 6.54 Å². The number of aryl methyl sites for hydroxylation is 2. The van der Waals surface area contributed by atoms with Gasteiger partial charge in [-0.25, -0.2) is 0 Å². The molecule has 1 amide bonds. The van der Waals surface area contributed by atoms with Crippen molar-refractivity contribution in [2.75, 3.05) is 7.11 Å². The molecule has 20 heavy (non-hydrogen) atoms. The fourth-order valence-corrected chi connectivity index (χ4v) is 2.16. The molecule has 1 N–H and O–H groups in total. The molecule has 0 aliphatic heterocycles. The summed E-state index contributed by atoms with van der Waals surface area (Å²) < 4.78 is 10.6. The van der Waals surface area contributed by atoms with Crippen molar-refractivity contribution in [1.82, 2.24) is 5.32 Å². The number of carbonyl (C=O) groups excluding carboxylic acids is 1. The Morgan fingerprint density at radius 2 is 2.10 bits per heavy atom. The highest BCUT2D eigenvalue weighted by Crippen LogP contribution is 2.22. The van der Waals surface area contributed by atoms with E-state index in [1.54, 1.807) is 18.2 Å². The van der Waals surface area contributed by atoms with Crippen LogP contribution in [-0.4, -0.2) is 13.0 Å². The number of rotatable bonds is 4. The van der Waals surface area contributed by atoms with Gasteiger partial charge in [0.15, 0.2) is 0 Å². The molecular weight excluding hydrogens is 278 g/mol. The van der Waals surface area contributed by atoms with Crippen LogP contribution in [0.15, 0.2) is 28.7 Å². The van der Waals surface area contributed by atoms with Gasteiger partial charge in [0, 0.05) is 17.1 Å². The molecule has 0 radical (unpaired) electrons. The van der Waals surface area contributed by atoms with E-state index in [-0.39, 0.29) is 5.91 Å². The highest BCUT2D eigenvalue weighted by Gasteiger charge is 2.13. The Morgan fingerprint density at radius 1 is 1.35 bits per heavy atom. The summed E-state index contributed by atoms with van der Waals surface area (Å²) in [5, 5.41) is 3.33. The minimum atomic E-state index is -0.234. The van der Waals surface area contributed by atoms with E-state index in [1.165, 1.54) is 7.11 Å². The van der Waals surface area contributed by atoms with Gasteiger partial charge in [-0.05, 0) is 38.1 Å². The van der Waals surface area contributed by atoms with Gasteiger partial charge in [-0.2, -0.15) is 0 Å². The zero-order valence-electron chi connectivity index (χ0n) is 11.6. The summed E-state index contributed by atoms with van der Waals surface area (Å²) in [7, 11) is 1.52. The molecule has 0 saturated carbocycles. The molecule has 1 aromatic carbocycles. The summed E-state index contributed by atoms with van der Waals surface area (Å²) in [6, 6.07) is 6.85. The molecule has 106 valence electrons. The summed E-state index contributed by atoms with van der Waals surface area (Å²) >= 11 is 5.91. The van der Waals surface area contributed by atoms with E-state index < -0.39 is 0 Å². The summed E-state index contributed by atoms with van der Waals surface area (Å²) in [5.41, 5.74) is 1.37. The first-order chi connectivity index (χ1) is 9.51. The molecule has 0 spiro atoms. The third-order valence-electron chi connectivity index (χ3n) is 2.99. The molecule has 2 rings (SSSR count). The standard InChI is InChI=1S/C15H16ClNO3/c1-9-6-11(10(2)20-9)8-17-15(18)13-7-12(16)4-5-14(13)19-3/h4-7H,8H2,1-3H3,(H,17,18). The topological polar surface area (TPSA) is 51.5 Å². The average Bonchev–Trinajstić information content (AvgIpc) is 2.74. The van der Waals surface area contributed by atoms with Crippen molar-refractivity contribution in [2.45, 2.75) is 20.4 Å². The van der Waals surface area contributed by atoms with E-state index in [2.05, 4.69) is 5.32 Å². The second kappa shape index (κ2) is 6.01. The van der Waals surface area contributed by atoms with Gasteiger partial charge in [0.25, 0.3) is 5.91 Å². The Bertz CT molecular complexity index is 634. The zero-order chi connectivity index (χ0) is 14.7. The Labute approximate surface area is 122 Å². The van der Waals surface area contributed by atoms with Crippen LogP contribution in [0.1, 0.15) is 27.4 Å². The van der Waals surface area contributed by atoms with Crippen molar-refractivity contribution in [3.05, 3.63) is 51.9 Å². The lowest BCUT2D eigenvalue weighted by molar-refractivity contribution is 0.0948. The van der Waals surface area contributed by atoms with Crippen molar-refractivity contribution in [3.8, 4) is 5.75 Å². The largest absolute Gasteiger partial charge is 0.496 e. The predicted molar refractivity (Wildman–Crippen MR) is 77.4 cm³/mol. The van der Waals surface area contributed by atoms with Crippen LogP contribution in [0.5, 0.6) is 5.75 Å². The van der Waals surface area contributed by atoms with Gasteiger partial charge in [0.1, 0.15) is 17.3 Å². The lowest BCUT2D eigenvalue weighted by atomic mass is 10.1. The summed E-state index contributed by atoms with van der Waals surface area (Å²) in [6.45, 7) is 4.14. The van der Waals surface area contributed by atoms with Crippen molar-refractivity contribution >= 4 is 17.5 Å². The molecule has 4 nitrogen and oxygen atoms in total. The number of nitrogens with one attached hydrogen (secondary N) is 1. The molecule has 0 saturated heterocycles. The molecule has 0 aliphatic rings. The van der Waals surface area contributed by atoms with Gasteiger partial charge in [0.2, 0.25) is 0 Å². The minimum absolute atomic E-state index is 0.234. The highest BCUT2D eigenvalue weighted by molar-refractivity contribution is 6.31. The van der Waals surface area contributed by atoms with E-state index in [0.29, 0.717) is 22.9 Å². The molecule has 0 atom stereocenters. The number of hydrogen-bond donors (Lipinski definition) is 1. The number of methoxy groups -OCH3 is 1. The van der Waals surface area contributed by atoms with E-state index in [1.807, 2.05) is 19.9 Å². The molecule has 1 heterocycles. The number of halogens is 1. The molecule has 0 unspecified atom stereocenters. The second-order valence-electron chi connectivity index (χ2n) is 4.47. The maximum Gasteiger partial charge on any atom is 0.255 e. The third kappa shape index (κ3) is 3.14. The fourth-order valence-electron chi connectivity index (χ4n) is 1.99. The number of furan rings is 1. The Kier molecular flexibility index (Phi) is 4.35. The predicted octanol–water partition coefficient (Wildman–Crippen LogP) is 3.49. The number of hydrogen-bond acceptors (Lipinski definition) is 3. The lowest BCUT2D eigenvalue weighted by Crippen LogP contribution is -2.23. The van der Waals surface area contributed by atoms with Crippen molar-refractivity contribution in [1.29, 1.82) is 0 Å². The molecular formula is C15H16ClNO3. The summed E-state index contributed by atoms with van der Waals surface area (Å²) in [5.74, 6) is 1.89. The van der Waals surface area contributed by atoms with Gasteiger partial charge in [-0.1, -0.05) is 11.6 Å². The van der Waals surface area contributed by atoms with Crippen LogP contribution in [0.3, 0.4) is 0 Å². The van der Waals surface area contributed by atoms with Gasteiger partial charge in [-0.3, -0.25) is 4.79 Å². The van der Waals surface area contributed by atoms with Crippen molar-refractivity contribution in [3.63, 3.8) is 0 Å². The number of carbonyl (C=O) groups is 1. The SMILES string of the molecule is COc1ccc(Cl)cc1C(=O)NCc1cc(C)oc1C. The van der Waals surface area contributed by atoms with Crippen LogP contribution >= 0.6 is 11.6 Å². The van der Waals surface area contributed by atoms with Gasteiger partial charge in [0.05, 0.1) is 12.7 Å². The van der Waals surface area contributed by atoms with Gasteiger partial charge < -0.3 is 14.5 Å². The monoisotopic (exact) mass is 293 g/mol. The normalized spacial score (nSPS) is 10.4.